The number of rotatable bonds is 2. The molecule has 2 aromatic carbocycles. The van der Waals surface area contributed by atoms with Gasteiger partial charge in [0.15, 0.2) is 5.82 Å². The average Bonchev–Trinajstić information content (AvgIpc) is 3.03. The van der Waals surface area contributed by atoms with Crippen LogP contribution in [0.3, 0.4) is 0 Å². The zero-order valence-corrected chi connectivity index (χ0v) is 13.8. The van der Waals surface area contributed by atoms with Crippen molar-refractivity contribution in [2.24, 2.45) is 0 Å². The molecular formula is C20H18N4O. The largest absolute Gasteiger partial charge is 0.382 e. The lowest BCUT2D eigenvalue weighted by Gasteiger charge is -2.16. The minimum Gasteiger partial charge on any atom is -0.382 e. The number of hydrogen-bond acceptors (Lipinski definition) is 4. The lowest BCUT2D eigenvalue weighted by Crippen LogP contribution is -2.16. The number of pyridine rings is 1. The van der Waals surface area contributed by atoms with Gasteiger partial charge in [0.2, 0.25) is 0 Å². The first-order valence-corrected chi connectivity index (χ1v) is 8.49. The molecule has 0 saturated heterocycles. The highest BCUT2D eigenvalue weighted by atomic mass is 16.5. The number of nitrogens with zero attached hydrogens (tertiary/aromatic N) is 3. The molecule has 0 radical (unpaired) electrons. The van der Waals surface area contributed by atoms with E-state index in [-0.39, 0.29) is 0 Å². The molecule has 5 nitrogen and oxygen atoms in total. The summed E-state index contributed by atoms with van der Waals surface area (Å²) in [7, 11) is 0. The molecule has 0 spiro atoms. The Hall–Kier alpha value is -2.92. The molecule has 5 rings (SSSR count). The number of aromatic nitrogens is 3. The molecule has 1 aliphatic heterocycles. The van der Waals surface area contributed by atoms with Crippen LogP contribution < -0.4 is 5.73 Å². The normalized spacial score (nSPS) is 14.1. The third kappa shape index (κ3) is 2.27. The van der Waals surface area contributed by atoms with Crippen LogP contribution in [-0.4, -0.2) is 21.1 Å². The number of benzene rings is 2. The van der Waals surface area contributed by atoms with Crippen LogP contribution >= 0.6 is 0 Å². The van der Waals surface area contributed by atoms with Crippen LogP contribution in [0, 0.1) is 0 Å². The molecule has 2 N–H and O–H groups in total. The van der Waals surface area contributed by atoms with Gasteiger partial charge in [-0.1, -0.05) is 42.5 Å². The summed E-state index contributed by atoms with van der Waals surface area (Å²) in [5.74, 6) is 1.41. The Morgan fingerprint density at radius 3 is 2.80 bits per heavy atom. The predicted molar refractivity (Wildman–Crippen MR) is 98.4 cm³/mol. The first-order chi connectivity index (χ1) is 12.3. The number of anilines is 1. The highest BCUT2D eigenvalue weighted by molar-refractivity contribution is 6.08. The van der Waals surface area contributed by atoms with Crippen LogP contribution in [0.5, 0.6) is 0 Å². The summed E-state index contributed by atoms with van der Waals surface area (Å²) in [5.41, 5.74) is 11.5. The van der Waals surface area contributed by atoms with Crippen molar-refractivity contribution in [1.82, 2.24) is 14.5 Å². The van der Waals surface area contributed by atoms with E-state index in [0.717, 1.165) is 40.7 Å². The molecule has 1 aliphatic rings. The molecule has 0 atom stereocenters. The maximum Gasteiger partial charge on any atom is 0.152 e. The van der Waals surface area contributed by atoms with Crippen molar-refractivity contribution in [2.75, 3.05) is 12.3 Å². The van der Waals surface area contributed by atoms with Gasteiger partial charge in [0.05, 0.1) is 17.6 Å². The van der Waals surface area contributed by atoms with Gasteiger partial charge >= 0.3 is 0 Å². The van der Waals surface area contributed by atoms with Crippen LogP contribution in [0.2, 0.25) is 0 Å². The maximum atomic E-state index is 6.21. The van der Waals surface area contributed by atoms with Crippen molar-refractivity contribution < 1.29 is 4.74 Å². The summed E-state index contributed by atoms with van der Waals surface area (Å²) in [6, 6.07) is 16.7. The predicted octanol–water partition coefficient (Wildman–Crippen LogP) is 3.29. The van der Waals surface area contributed by atoms with E-state index in [4.69, 9.17) is 15.5 Å². The fourth-order valence-corrected chi connectivity index (χ4v) is 3.70. The summed E-state index contributed by atoms with van der Waals surface area (Å²) in [5, 5.41) is 1.15. The van der Waals surface area contributed by atoms with E-state index in [1.165, 1.54) is 11.1 Å². The van der Waals surface area contributed by atoms with Gasteiger partial charge in [-0.25, -0.2) is 9.97 Å². The number of hydrogen-bond donors (Lipinski definition) is 1. The zero-order chi connectivity index (χ0) is 16.8. The number of ether oxygens (including phenoxy) is 1. The van der Waals surface area contributed by atoms with Crippen molar-refractivity contribution in [3.63, 3.8) is 0 Å². The Morgan fingerprint density at radius 2 is 1.92 bits per heavy atom. The Bertz CT molecular complexity index is 1090. The van der Waals surface area contributed by atoms with Gasteiger partial charge in [0, 0.05) is 11.9 Å². The van der Waals surface area contributed by atoms with Crippen molar-refractivity contribution in [1.29, 1.82) is 0 Å². The summed E-state index contributed by atoms with van der Waals surface area (Å²) >= 11 is 0. The van der Waals surface area contributed by atoms with Gasteiger partial charge in [-0.05, 0) is 23.6 Å². The molecule has 3 heterocycles. The first kappa shape index (κ1) is 14.4. The Labute approximate surface area is 145 Å². The molecule has 0 amide bonds. The number of nitrogen functional groups attached to an aromatic ring is 1. The first-order valence-electron chi connectivity index (χ1n) is 8.49. The Kier molecular flexibility index (Phi) is 3.21. The van der Waals surface area contributed by atoms with Gasteiger partial charge in [0.25, 0.3) is 0 Å². The second kappa shape index (κ2) is 5.57. The highest BCUT2D eigenvalue weighted by Crippen LogP contribution is 2.33. The van der Waals surface area contributed by atoms with Crippen LogP contribution in [-0.2, 0) is 24.3 Å². The van der Waals surface area contributed by atoms with Crippen molar-refractivity contribution >= 4 is 27.8 Å². The Morgan fingerprint density at radius 1 is 1.04 bits per heavy atom. The number of imidazole rings is 1. The van der Waals surface area contributed by atoms with Crippen LogP contribution in [0.15, 0.2) is 48.5 Å². The second-order valence-electron chi connectivity index (χ2n) is 6.40. The highest BCUT2D eigenvalue weighted by Gasteiger charge is 2.21. The second-order valence-corrected chi connectivity index (χ2v) is 6.40. The van der Waals surface area contributed by atoms with E-state index < -0.39 is 0 Å². The van der Waals surface area contributed by atoms with E-state index in [1.54, 1.807) is 0 Å². The quantitative estimate of drug-likeness (QED) is 0.612. The fraction of sp³-hybridized carbons (Fsp3) is 0.200. The molecule has 0 bridgehead atoms. The number of nitrogens with two attached hydrogens (primary N) is 1. The zero-order valence-electron chi connectivity index (χ0n) is 13.8. The molecule has 124 valence electrons. The fourth-order valence-electron chi connectivity index (χ4n) is 3.70. The lowest BCUT2D eigenvalue weighted by molar-refractivity contribution is 0.0831. The maximum absolute atomic E-state index is 6.21. The summed E-state index contributed by atoms with van der Waals surface area (Å²) in [6.45, 7) is 2.02. The molecule has 2 aromatic heterocycles. The van der Waals surface area contributed by atoms with Crippen molar-refractivity contribution in [3.05, 3.63) is 65.5 Å². The van der Waals surface area contributed by atoms with Gasteiger partial charge in [-0.3, -0.25) is 0 Å². The minimum atomic E-state index is 0.487. The molecule has 5 heteroatoms. The molecule has 0 aliphatic carbocycles. The SMILES string of the molecule is Nc1nc2cccc(Cc3ccccc3)c2c2c1nc1n2CCOC1. The van der Waals surface area contributed by atoms with Gasteiger partial charge in [0.1, 0.15) is 17.9 Å². The third-order valence-corrected chi connectivity index (χ3v) is 4.82. The average molecular weight is 330 g/mol. The van der Waals surface area contributed by atoms with Gasteiger partial charge in [-0.15, -0.1) is 0 Å². The lowest BCUT2D eigenvalue weighted by atomic mass is 9.99. The van der Waals surface area contributed by atoms with Gasteiger partial charge < -0.3 is 15.0 Å². The van der Waals surface area contributed by atoms with Crippen molar-refractivity contribution in [2.45, 2.75) is 19.6 Å². The number of fused-ring (bicyclic) bond motifs is 5. The van der Waals surface area contributed by atoms with E-state index in [2.05, 4.69) is 45.9 Å². The van der Waals surface area contributed by atoms with E-state index in [1.807, 2.05) is 12.1 Å². The van der Waals surface area contributed by atoms with E-state index in [9.17, 15) is 0 Å². The molecule has 4 aromatic rings. The topological polar surface area (TPSA) is 66.0 Å². The third-order valence-electron chi connectivity index (χ3n) is 4.82. The van der Waals surface area contributed by atoms with Crippen molar-refractivity contribution in [3.8, 4) is 0 Å². The van der Waals surface area contributed by atoms with E-state index in [0.29, 0.717) is 19.0 Å². The Balaban J connectivity index is 1.82. The summed E-state index contributed by atoms with van der Waals surface area (Å²) in [6.07, 6.45) is 0.857. The summed E-state index contributed by atoms with van der Waals surface area (Å²) in [4.78, 5) is 9.31. The van der Waals surface area contributed by atoms with E-state index >= 15 is 0 Å². The molecule has 25 heavy (non-hydrogen) atoms. The molecular weight excluding hydrogens is 312 g/mol. The van der Waals surface area contributed by atoms with Gasteiger partial charge in [-0.2, -0.15) is 0 Å². The smallest absolute Gasteiger partial charge is 0.152 e. The minimum absolute atomic E-state index is 0.487. The molecule has 0 fully saturated rings. The van der Waals surface area contributed by atoms with Crippen LogP contribution in [0.1, 0.15) is 17.0 Å². The standard InChI is InChI=1S/C20H18N4O/c21-20-18-19(24-9-10-25-12-16(24)23-18)17-14(7-4-8-15(17)22-20)11-13-5-2-1-3-6-13/h1-8H,9-12H2,(H2,21,22). The monoisotopic (exact) mass is 330 g/mol. The van der Waals surface area contributed by atoms with Crippen LogP contribution in [0.4, 0.5) is 5.82 Å². The molecule has 0 saturated carbocycles. The van der Waals surface area contributed by atoms with Crippen LogP contribution in [0.25, 0.3) is 21.9 Å². The molecule has 0 unspecified atom stereocenters. The summed E-state index contributed by atoms with van der Waals surface area (Å²) < 4.78 is 7.80.